The lowest BCUT2D eigenvalue weighted by Gasteiger charge is -2.19. The zero-order chi connectivity index (χ0) is 72.2. The number of ether oxygens (including phenoxy) is 2. The van der Waals surface area contributed by atoms with Gasteiger partial charge in [-0.2, -0.15) is 0 Å². The molecule has 5 aromatic heterocycles. The van der Waals surface area contributed by atoms with Gasteiger partial charge in [-0.25, -0.2) is 13.2 Å². The van der Waals surface area contributed by atoms with E-state index >= 15 is 0 Å². The van der Waals surface area contributed by atoms with E-state index in [9.17, 15) is 32.4 Å². The lowest BCUT2D eigenvalue weighted by molar-refractivity contribution is -0.154. The van der Waals surface area contributed by atoms with Gasteiger partial charge in [0.1, 0.15) is 21.0 Å². The van der Waals surface area contributed by atoms with Crippen molar-refractivity contribution in [2.45, 2.75) is 184 Å². The Morgan fingerprint density at radius 2 is 0.899 bits per heavy atom. The first-order valence-corrected chi connectivity index (χ1v) is 34.5. The molecule has 0 aliphatic carbocycles. The summed E-state index contributed by atoms with van der Waals surface area (Å²) in [7, 11) is -3.01. The lowest BCUT2D eigenvalue weighted by atomic mass is 10.1. The Labute approximate surface area is 577 Å². The summed E-state index contributed by atoms with van der Waals surface area (Å²) in [4.78, 5) is 61.9. The second-order valence-electron chi connectivity index (χ2n) is 25.2. The normalized spacial score (nSPS) is 11.0. The third kappa shape index (κ3) is 33.7. The van der Waals surface area contributed by atoms with E-state index in [0.29, 0.717) is 94.5 Å². The van der Waals surface area contributed by atoms with Crippen LogP contribution in [0.5, 0.6) is 0 Å². The second-order valence-corrected chi connectivity index (χ2v) is 27.4. The number of aryl methyl sites for hydroxylation is 10. The Kier molecular flexibility index (Phi) is 32.6. The third-order valence-electron chi connectivity index (χ3n) is 13.6. The zero-order valence-electron chi connectivity index (χ0n) is 58.2. The van der Waals surface area contributed by atoms with Crippen LogP contribution in [0.25, 0.3) is 10.4 Å². The van der Waals surface area contributed by atoms with E-state index < -0.39 is 27.1 Å². The van der Waals surface area contributed by atoms with Crippen LogP contribution in [0.15, 0.2) is 109 Å². The number of esters is 1. The van der Waals surface area contributed by atoms with Gasteiger partial charge in [-0.15, -0.1) is 31.9 Å². The maximum Gasteiger partial charge on any atom is 0.408 e. The number of hydrogen-bond donors (Lipinski definition) is 4. The Morgan fingerprint density at radius 3 is 1.25 bits per heavy atom. The smallest absolute Gasteiger partial charge is 0.408 e. The third-order valence-corrected chi connectivity index (χ3v) is 14.5. The number of amides is 4. The minimum Gasteiger partial charge on any atom is -0.460 e. The average Bonchev–Trinajstić information content (AvgIpc) is 1.80. The fraction of sp³-hybridized carbons (Fsp3) is 0.478. The molecule has 0 aliphatic rings. The fourth-order valence-electron chi connectivity index (χ4n) is 8.89. The van der Waals surface area contributed by atoms with Crippen LogP contribution in [0.1, 0.15) is 163 Å². The molecule has 3 aromatic carbocycles. The zero-order valence-corrected chi connectivity index (χ0v) is 59.0. The number of hydrogen-bond acceptors (Lipinski definition) is 20. The molecular formula is C67H92N22O9S. The molecule has 32 heteroatoms. The number of benzene rings is 3. The van der Waals surface area contributed by atoms with Crippen molar-refractivity contribution in [1.29, 1.82) is 0 Å². The van der Waals surface area contributed by atoms with Crippen LogP contribution in [0, 0.1) is 33.1 Å². The van der Waals surface area contributed by atoms with Crippen LogP contribution < -0.4 is 21.3 Å². The van der Waals surface area contributed by atoms with Crippen LogP contribution in [0.3, 0.4) is 0 Å². The summed E-state index contributed by atoms with van der Waals surface area (Å²) in [6.07, 6.45) is 20.3. The number of alkyl carbamates (subject to hydrolysis) is 1. The SMILES string of the molecule is C#CCNC(=O)OC(C)(C)C.Cc1cccc(CNC(=O)c2cn(CCCCN=[N+]=[N-])nn2)c1.Cc1cccc(CNC(=O)c2cn(CCCCn3cc(CCC(=O)OC(C)(C)C)nn3)nn2)c1.Cc1cccc(CNC(=O)c2cn(CCCCn3cc(CCS(C)(=O)=O)nn3)nn2)c1. The van der Waals surface area contributed by atoms with Crippen molar-refractivity contribution in [3.63, 3.8) is 0 Å². The van der Waals surface area contributed by atoms with Crippen LogP contribution in [-0.2, 0) is 89.3 Å². The molecule has 99 heavy (non-hydrogen) atoms. The summed E-state index contributed by atoms with van der Waals surface area (Å²) in [5, 5.41) is 54.5. The lowest BCUT2D eigenvalue weighted by Crippen LogP contribution is -2.32. The molecule has 0 bridgehead atoms. The first-order chi connectivity index (χ1) is 47.1. The Bertz CT molecular complexity index is 4050. The number of sulfone groups is 1. The minimum atomic E-state index is -3.01. The quantitative estimate of drug-likeness (QED) is 0.00804. The number of nitrogens with one attached hydrogen (secondary N) is 4. The van der Waals surface area contributed by atoms with Crippen molar-refractivity contribution in [3.8, 4) is 12.3 Å². The molecule has 5 heterocycles. The Balaban J connectivity index is 0.000000252. The average molecular weight is 1380 g/mol. The van der Waals surface area contributed by atoms with Gasteiger partial charge in [0.2, 0.25) is 0 Å². The molecule has 0 spiro atoms. The van der Waals surface area contributed by atoms with Crippen LogP contribution in [-0.4, -0.2) is 149 Å². The number of aromatic nitrogens is 15. The van der Waals surface area contributed by atoms with E-state index in [-0.39, 0.29) is 42.4 Å². The largest absolute Gasteiger partial charge is 0.460 e. The Morgan fingerprint density at radius 1 is 0.535 bits per heavy atom. The van der Waals surface area contributed by atoms with Crippen LogP contribution in [0.2, 0.25) is 0 Å². The second kappa shape index (κ2) is 40.8. The van der Waals surface area contributed by atoms with Crippen molar-refractivity contribution in [1.82, 2.24) is 96.2 Å². The van der Waals surface area contributed by atoms with Gasteiger partial charge in [-0.05, 0) is 123 Å². The van der Waals surface area contributed by atoms with Crippen molar-refractivity contribution in [2.75, 3.05) is 25.1 Å². The number of azide groups is 1. The number of terminal acetylenes is 1. The fourth-order valence-corrected chi connectivity index (χ4v) is 9.47. The summed E-state index contributed by atoms with van der Waals surface area (Å²) < 4.78 is 41.1. The predicted octanol–water partition coefficient (Wildman–Crippen LogP) is 7.79. The number of rotatable bonds is 31. The summed E-state index contributed by atoms with van der Waals surface area (Å²) in [5.74, 6) is 1.37. The van der Waals surface area contributed by atoms with Gasteiger partial charge in [0.05, 0.1) is 48.7 Å². The predicted molar refractivity (Wildman–Crippen MR) is 370 cm³/mol. The van der Waals surface area contributed by atoms with Crippen LogP contribution in [0.4, 0.5) is 4.79 Å². The number of unbranched alkanes of at least 4 members (excludes halogenated alkanes) is 3. The van der Waals surface area contributed by atoms with Gasteiger partial charge >= 0.3 is 12.1 Å². The van der Waals surface area contributed by atoms with E-state index in [4.69, 9.17) is 21.4 Å². The van der Waals surface area contributed by atoms with E-state index in [0.717, 1.165) is 77.6 Å². The molecule has 8 aromatic rings. The van der Waals surface area contributed by atoms with E-state index in [1.165, 1.54) is 6.26 Å². The highest BCUT2D eigenvalue weighted by atomic mass is 32.2. The van der Waals surface area contributed by atoms with Gasteiger partial charge in [0.15, 0.2) is 17.1 Å². The molecule has 0 saturated heterocycles. The Hall–Kier alpha value is -10.7. The molecule has 530 valence electrons. The molecule has 0 radical (unpaired) electrons. The van der Waals surface area contributed by atoms with Gasteiger partial charge < -0.3 is 30.7 Å². The molecule has 8 rings (SSSR count). The van der Waals surface area contributed by atoms with Gasteiger partial charge in [-0.1, -0.05) is 127 Å². The number of carbonyl (C=O) groups is 5. The number of nitrogens with zero attached hydrogens (tertiary/aromatic N) is 18. The molecule has 31 nitrogen and oxygen atoms in total. The molecule has 4 amide bonds. The summed E-state index contributed by atoms with van der Waals surface area (Å²) in [5.41, 5.74) is 16.2. The standard InChI is InChI=1S/C24H33N7O3.C20H27N7O3S.C15H19N7O.C8H13NO2/c1-18-8-7-9-19(14-18)15-25-23(33)21-17-31(29-27-21)13-6-5-12-30-16-20(26-28-30)10-11-22(32)34-24(2,3)4;1-16-6-5-7-17(12-16)13-21-20(28)19-15-27(25-23-19)10-4-3-9-26-14-18(22-24-26)8-11-31(2,29)30;1-12-5-4-6-13(9-12)10-17-15(23)14-11-22(21-19-14)8-3-2-7-18-20-16;1-5-6-9-7(10)11-8(2,3)4/h7-9,14,16-17H,5-6,10-13,15H2,1-4H3,(H,25,33);5-7,12,14-15H,3-4,8-11,13H2,1-2H3,(H,21,28);4-6,9,11H,2-3,7-8,10H2,1H3,(H,17,23);1H,6H2,2-4H3,(H,9,10). The summed E-state index contributed by atoms with van der Waals surface area (Å²) in [6.45, 7) is 22.3. The minimum absolute atomic E-state index is 0.0683. The topological polar surface area (TPSA) is 388 Å². The van der Waals surface area contributed by atoms with E-state index in [1.807, 2.05) is 121 Å². The van der Waals surface area contributed by atoms with Crippen molar-refractivity contribution in [2.24, 2.45) is 5.11 Å². The van der Waals surface area contributed by atoms with Crippen molar-refractivity contribution in [3.05, 3.63) is 176 Å². The number of carbonyl (C=O) groups excluding carboxylic acids is 5. The first kappa shape index (κ1) is 79.0. The molecular weight excluding hydrogens is 1290 g/mol. The molecule has 0 saturated carbocycles. The highest BCUT2D eigenvalue weighted by Crippen LogP contribution is 2.13. The van der Waals surface area contributed by atoms with E-state index in [2.05, 4.69) is 88.8 Å². The highest BCUT2D eigenvalue weighted by molar-refractivity contribution is 7.90. The molecule has 0 unspecified atom stereocenters. The molecule has 0 atom stereocenters. The van der Waals surface area contributed by atoms with Gasteiger partial charge in [0.25, 0.3) is 17.7 Å². The first-order valence-electron chi connectivity index (χ1n) is 32.4. The maximum absolute atomic E-state index is 12.3. The summed E-state index contributed by atoms with van der Waals surface area (Å²) in [6, 6.07) is 23.9. The van der Waals surface area contributed by atoms with Crippen molar-refractivity contribution < 1.29 is 41.9 Å². The molecule has 4 N–H and O–H groups in total. The van der Waals surface area contributed by atoms with E-state index in [1.54, 1.807) is 69.0 Å². The van der Waals surface area contributed by atoms with Crippen LogP contribution >= 0.6 is 0 Å². The summed E-state index contributed by atoms with van der Waals surface area (Å²) >= 11 is 0. The molecule has 0 aliphatic heterocycles. The van der Waals surface area contributed by atoms with Gasteiger partial charge in [-0.3, -0.25) is 42.6 Å². The molecule has 0 fully saturated rings. The van der Waals surface area contributed by atoms with Gasteiger partial charge in [0, 0.05) is 95.3 Å². The maximum atomic E-state index is 12.3. The van der Waals surface area contributed by atoms with Crippen molar-refractivity contribution >= 4 is 39.6 Å². The highest BCUT2D eigenvalue weighted by Gasteiger charge is 2.19. The monoisotopic (exact) mass is 1380 g/mol.